The third kappa shape index (κ3) is 3.59. The highest BCUT2D eigenvalue weighted by Gasteiger charge is 2.55. The molecule has 1 saturated heterocycles. The molecule has 6 nitrogen and oxygen atoms in total. The largest absolute Gasteiger partial charge is 0.494 e. The Balaban J connectivity index is 1.52. The van der Waals surface area contributed by atoms with Gasteiger partial charge in [0.1, 0.15) is 11.0 Å². The molecule has 2 aromatic carbocycles. The van der Waals surface area contributed by atoms with Crippen LogP contribution in [0.5, 0.6) is 5.75 Å². The molecule has 3 atom stereocenters. The van der Waals surface area contributed by atoms with Crippen LogP contribution in [0.25, 0.3) is 6.08 Å². The van der Waals surface area contributed by atoms with Gasteiger partial charge in [0.15, 0.2) is 0 Å². The van der Waals surface area contributed by atoms with E-state index >= 15 is 0 Å². The number of hydrogen-bond acceptors (Lipinski definition) is 6. The average molecular weight is 465 g/mol. The van der Waals surface area contributed by atoms with Crippen molar-refractivity contribution in [1.82, 2.24) is 4.98 Å². The molecule has 2 aliphatic rings. The maximum absolute atomic E-state index is 13.5. The monoisotopic (exact) mass is 464 g/mol. The van der Waals surface area contributed by atoms with Gasteiger partial charge in [-0.25, -0.2) is 4.90 Å². The lowest BCUT2D eigenvalue weighted by Gasteiger charge is -2.27. The molecule has 32 heavy (non-hydrogen) atoms. The second-order valence-electron chi connectivity index (χ2n) is 7.51. The number of carbonyl (C=O) groups is 2. The van der Waals surface area contributed by atoms with E-state index in [-0.39, 0.29) is 22.6 Å². The van der Waals surface area contributed by atoms with Crippen LogP contribution in [-0.4, -0.2) is 28.7 Å². The number of ether oxygens (including phenoxy) is 1. The van der Waals surface area contributed by atoms with E-state index in [2.05, 4.69) is 4.98 Å². The summed E-state index contributed by atoms with van der Waals surface area (Å²) in [6, 6.07) is 16.7. The number of benzene rings is 2. The lowest BCUT2D eigenvalue weighted by Crippen LogP contribution is -2.31. The molecule has 162 valence electrons. The number of hydrogen-bond donors (Lipinski definition) is 1. The van der Waals surface area contributed by atoms with Gasteiger partial charge in [-0.3, -0.25) is 14.4 Å². The van der Waals surface area contributed by atoms with E-state index in [0.29, 0.717) is 23.1 Å². The number of nitrogens with one attached hydrogen (secondary N) is 1. The van der Waals surface area contributed by atoms with Gasteiger partial charge in [0.2, 0.25) is 11.8 Å². The standard InChI is InChI=1S/C24H20N2O4S2/c1-2-30-16-11-9-15(10-12-16)26-22(27)18-17(13-8-14-6-4-3-5-7-14)19-21(25-24(29)32-19)31-20(18)23(26)28/h3-13,17-18,20H,2H2,1H3,(H,25,29)/b13-8+/t17-,18-,20-/m0/s1. The van der Waals surface area contributed by atoms with Crippen molar-refractivity contribution in [3.63, 3.8) is 0 Å². The molecule has 0 aliphatic carbocycles. The van der Waals surface area contributed by atoms with Gasteiger partial charge in [-0.1, -0.05) is 65.6 Å². The number of thioether (sulfide) groups is 1. The molecule has 3 heterocycles. The van der Waals surface area contributed by atoms with Gasteiger partial charge in [0, 0.05) is 10.8 Å². The Morgan fingerprint density at radius 3 is 2.50 bits per heavy atom. The van der Waals surface area contributed by atoms with E-state index in [1.807, 2.05) is 49.4 Å². The van der Waals surface area contributed by atoms with Crippen LogP contribution in [0, 0.1) is 5.92 Å². The Morgan fingerprint density at radius 2 is 1.78 bits per heavy atom. The third-order valence-corrected chi connectivity index (χ3v) is 7.99. The molecule has 0 saturated carbocycles. The van der Waals surface area contributed by atoms with Gasteiger partial charge in [-0.2, -0.15) is 0 Å². The van der Waals surface area contributed by atoms with Crippen molar-refractivity contribution in [3.8, 4) is 5.75 Å². The zero-order chi connectivity index (χ0) is 22.2. The molecular weight excluding hydrogens is 444 g/mol. The molecule has 5 rings (SSSR count). The molecule has 0 unspecified atom stereocenters. The van der Waals surface area contributed by atoms with Gasteiger partial charge in [-0.05, 0) is 36.8 Å². The molecule has 2 amide bonds. The summed E-state index contributed by atoms with van der Waals surface area (Å²) >= 11 is 2.39. The lowest BCUT2D eigenvalue weighted by molar-refractivity contribution is -0.122. The van der Waals surface area contributed by atoms with E-state index < -0.39 is 11.2 Å². The zero-order valence-electron chi connectivity index (χ0n) is 17.2. The zero-order valence-corrected chi connectivity index (χ0v) is 18.8. The number of rotatable bonds is 5. The van der Waals surface area contributed by atoms with E-state index in [0.717, 1.165) is 21.8 Å². The van der Waals surface area contributed by atoms with E-state index in [1.54, 1.807) is 24.3 Å². The van der Waals surface area contributed by atoms with Gasteiger partial charge < -0.3 is 9.72 Å². The van der Waals surface area contributed by atoms with Crippen molar-refractivity contribution in [2.24, 2.45) is 5.92 Å². The van der Waals surface area contributed by atoms with Gasteiger partial charge in [0.25, 0.3) is 0 Å². The first-order chi connectivity index (χ1) is 15.6. The highest BCUT2D eigenvalue weighted by Crippen LogP contribution is 2.51. The maximum Gasteiger partial charge on any atom is 0.305 e. The summed E-state index contributed by atoms with van der Waals surface area (Å²) in [6.45, 7) is 2.44. The first-order valence-corrected chi connectivity index (χ1v) is 12.0. The predicted octanol–water partition coefficient (Wildman–Crippen LogP) is 4.30. The molecule has 8 heteroatoms. The lowest BCUT2D eigenvalue weighted by atomic mass is 9.88. The molecule has 3 aromatic rings. The number of aromatic amines is 1. The first-order valence-electron chi connectivity index (χ1n) is 10.3. The Kier molecular flexibility index (Phi) is 5.48. The number of fused-ring (bicyclic) bond motifs is 2. The summed E-state index contributed by atoms with van der Waals surface area (Å²) in [7, 11) is 0. The molecule has 0 spiro atoms. The minimum atomic E-state index is -0.586. The Hall–Kier alpha value is -3.10. The number of allylic oxidation sites excluding steroid dienone is 1. The Labute approximate surface area is 192 Å². The highest BCUT2D eigenvalue weighted by molar-refractivity contribution is 8.00. The molecular formula is C24H20N2O4S2. The summed E-state index contributed by atoms with van der Waals surface area (Å²) in [5.74, 6) is -0.746. The summed E-state index contributed by atoms with van der Waals surface area (Å²) in [6.07, 6.45) is 3.89. The van der Waals surface area contributed by atoms with E-state index in [1.165, 1.54) is 16.7 Å². The van der Waals surface area contributed by atoms with Crippen LogP contribution in [-0.2, 0) is 9.59 Å². The first kappa shape index (κ1) is 20.8. The van der Waals surface area contributed by atoms with Crippen molar-refractivity contribution in [3.05, 3.63) is 80.8 Å². The minimum absolute atomic E-state index is 0.177. The van der Waals surface area contributed by atoms with Crippen LogP contribution in [0.3, 0.4) is 0 Å². The number of imide groups is 1. The molecule has 2 aliphatic heterocycles. The Bertz CT molecular complexity index is 1250. The third-order valence-electron chi connectivity index (χ3n) is 5.57. The van der Waals surface area contributed by atoms with Crippen LogP contribution in [0.1, 0.15) is 23.3 Å². The molecule has 1 N–H and O–H groups in total. The molecule has 1 fully saturated rings. The number of nitrogens with zero attached hydrogens (tertiary/aromatic N) is 1. The second kappa shape index (κ2) is 8.44. The van der Waals surface area contributed by atoms with Crippen molar-refractivity contribution in [2.75, 3.05) is 11.5 Å². The maximum atomic E-state index is 13.5. The fraction of sp³-hybridized carbons (Fsp3) is 0.208. The summed E-state index contributed by atoms with van der Waals surface area (Å²) in [5.41, 5.74) is 1.52. The van der Waals surface area contributed by atoms with Crippen LogP contribution in [0.15, 0.2) is 70.5 Å². The number of thiazole rings is 1. The normalized spacial score (nSPS) is 22.3. The van der Waals surface area contributed by atoms with Crippen molar-refractivity contribution in [1.29, 1.82) is 0 Å². The quantitative estimate of drug-likeness (QED) is 0.570. The van der Waals surface area contributed by atoms with Gasteiger partial charge in [-0.15, -0.1) is 0 Å². The van der Waals surface area contributed by atoms with Crippen molar-refractivity contribution < 1.29 is 14.3 Å². The van der Waals surface area contributed by atoms with Crippen molar-refractivity contribution >= 4 is 46.7 Å². The summed E-state index contributed by atoms with van der Waals surface area (Å²) < 4.78 is 5.47. The van der Waals surface area contributed by atoms with Crippen LogP contribution in [0.2, 0.25) is 0 Å². The number of aromatic nitrogens is 1. The van der Waals surface area contributed by atoms with Crippen LogP contribution < -0.4 is 14.5 Å². The van der Waals surface area contributed by atoms with Crippen LogP contribution >= 0.6 is 23.1 Å². The minimum Gasteiger partial charge on any atom is -0.494 e. The number of anilines is 1. The van der Waals surface area contributed by atoms with E-state index in [9.17, 15) is 14.4 Å². The molecule has 0 bridgehead atoms. The summed E-state index contributed by atoms with van der Waals surface area (Å²) in [5, 5.41) is 0.0934. The predicted molar refractivity (Wildman–Crippen MR) is 126 cm³/mol. The molecule has 1 aromatic heterocycles. The van der Waals surface area contributed by atoms with E-state index in [4.69, 9.17) is 4.74 Å². The fourth-order valence-electron chi connectivity index (χ4n) is 4.16. The van der Waals surface area contributed by atoms with Gasteiger partial charge in [0.05, 0.1) is 23.2 Å². The highest BCUT2D eigenvalue weighted by atomic mass is 32.2. The molecule has 0 radical (unpaired) electrons. The van der Waals surface area contributed by atoms with Crippen molar-refractivity contribution in [2.45, 2.75) is 23.1 Å². The number of H-pyrrole nitrogens is 1. The van der Waals surface area contributed by atoms with Crippen LogP contribution in [0.4, 0.5) is 5.69 Å². The SMILES string of the molecule is CCOc1ccc(N2C(=O)[C@@H]3[C@H](Sc4[nH]c(=O)sc4[C@H]3/C=C/c3ccccc3)C2=O)cc1. The second-order valence-corrected chi connectivity index (χ2v) is 9.67. The van der Waals surface area contributed by atoms with Gasteiger partial charge >= 0.3 is 4.87 Å². The summed E-state index contributed by atoms with van der Waals surface area (Å²) in [4.78, 5) is 43.7. The number of amides is 2. The number of carbonyl (C=O) groups excluding carboxylic acids is 2. The Morgan fingerprint density at radius 1 is 1.03 bits per heavy atom. The fourth-order valence-corrected chi connectivity index (χ4v) is 6.64. The topological polar surface area (TPSA) is 79.5 Å². The smallest absolute Gasteiger partial charge is 0.305 e. The average Bonchev–Trinajstić information content (AvgIpc) is 3.29.